The highest BCUT2D eigenvalue weighted by atomic mass is 35.5. The molecule has 4 nitrogen and oxygen atoms in total. The van der Waals surface area contributed by atoms with E-state index in [2.05, 4.69) is 10.2 Å². The largest absolute Gasteiger partial charge is 0.416 e. The average molecular weight is 434 g/mol. The van der Waals surface area contributed by atoms with Crippen LogP contribution in [0.2, 0.25) is 0 Å². The molecule has 0 spiro atoms. The van der Waals surface area contributed by atoms with Gasteiger partial charge in [-0.3, -0.25) is 9.69 Å². The number of piperidine rings is 1. The molecule has 2 aliphatic rings. The van der Waals surface area contributed by atoms with Crippen LogP contribution in [0.25, 0.3) is 0 Å². The maximum absolute atomic E-state index is 12.9. The maximum Gasteiger partial charge on any atom is 0.416 e. The Labute approximate surface area is 177 Å². The molecule has 1 aliphatic heterocycles. The standard InChI is InChI=1S/C21H30F3N3O.ClH/c1-25-11-8-16-9-12-26(13-10-16)15-20(28)27(19-6-7-19)14-17-2-4-18(5-3-17)21(22,23)24;/h2-5,16,19,25H,6-15H2,1H3;1H. The highest BCUT2D eigenvalue weighted by Gasteiger charge is 2.34. The number of carbonyl (C=O) groups excluding carboxylic acids is 1. The number of halogens is 4. The van der Waals surface area contributed by atoms with Crippen LogP contribution in [0.1, 0.15) is 43.2 Å². The molecule has 3 rings (SSSR count). The van der Waals surface area contributed by atoms with Crippen molar-refractivity contribution in [3.63, 3.8) is 0 Å². The van der Waals surface area contributed by atoms with Crippen molar-refractivity contribution in [3.05, 3.63) is 35.4 Å². The van der Waals surface area contributed by atoms with Crippen molar-refractivity contribution >= 4 is 18.3 Å². The van der Waals surface area contributed by atoms with Gasteiger partial charge in [0.05, 0.1) is 12.1 Å². The number of alkyl halides is 3. The van der Waals surface area contributed by atoms with E-state index in [0.717, 1.165) is 68.9 Å². The number of benzene rings is 1. The summed E-state index contributed by atoms with van der Waals surface area (Å²) < 4.78 is 38.2. The van der Waals surface area contributed by atoms with E-state index in [0.29, 0.717) is 13.1 Å². The van der Waals surface area contributed by atoms with Crippen LogP contribution in [-0.2, 0) is 17.5 Å². The number of carbonyl (C=O) groups is 1. The lowest BCUT2D eigenvalue weighted by molar-refractivity contribution is -0.137. The lowest BCUT2D eigenvalue weighted by Crippen LogP contribution is -2.44. The van der Waals surface area contributed by atoms with Crippen molar-refractivity contribution in [3.8, 4) is 0 Å². The predicted octanol–water partition coefficient (Wildman–Crippen LogP) is 3.94. The summed E-state index contributed by atoms with van der Waals surface area (Å²) in [6.45, 7) is 3.72. The highest BCUT2D eigenvalue weighted by Crippen LogP contribution is 2.31. The highest BCUT2D eigenvalue weighted by molar-refractivity contribution is 5.85. The second-order valence-electron chi connectivity index (χ2n) is 8.06. The van der Waals surface area contributed by atoms with Gasteiger partial charge in [0.2, 0.25) is 5.91 Å². The topological polar surface area (TPSA) is 35.6 Å². The van der Waals surface area contributed by atoms with Crippen molar-refractivity contribution in [2.45, 2.75) is 50.9 Å². The third kappa shape index (κ3) is 7.15. The first-order valence-electron chi connectivity index (χ1n) is 10.2. The fourth-order valence-corrected chi connectivity index (χ4v) is 3.87. The van der Waals surface area contributed by atoms with Crippen LogP contribution in [0.5, 0.6) is 0 Å². The molecule has 1 saturated heterocycles. The monoisotopic (exact) mass is 433 g/mol. The van der Waals surface area contributed by atoms with Crippen molar-refractivity contribution in [2.75, 3.05) is 33.2 Å². The molecule has 1 heterocycles. The molecule has 0 unspecified atom stereocenters. The van der Waals surface area contributed by atoms with Gasteiger partial charge in [-0.1, -0.05) is 12.1 Å². The van der Waals surface area contributed by atoms with Gasteiger partial charge in [-0.2, -0.15) is 13.2 Å². The van der Waals surface area contributed by atoms with E-state index in [4.69, 9.17) is 0 Å². The van der Waals surface area contributed by atoms with Crippen LogP contribution in [0, 0.1) is 5.92 Å². The van der Waals surface area contributed by atoms with Crippen molar-refractivity contribution < 1.29 is 18.0 Å². The Hall–Kier alpha value is -1.31. The molecule has 8 heteroatoms. The predicted molar refractivity (Wildman–Crippen MR) is 110 cm³/mol. The number of rotatable bonds is 8. The summed E-state index contributed by atoms with van der Waals surface area (Å²) in [5, 5.41) is 3.19. The molecular formula is C21H31ClF3N3O. The molecule has 0 bridgehead atoms. The van der Waals surface area contributed by atoms with Gasteiger partial charge in [0.1, 0.15) is 0 Å². The van der Waals surface area contributed by atoms with Crippen molar-refractivity contribution in [1.82, 2.24) is 15.1 Å². The van der Waals surface area contributed by atoms with Crippen LogP contribution in [0.4, 0.5) is 13.2 Å². The Kier molecular flexibility index (Phi) is 8.79. The maximum atomic E-state index is 12.9. The van der Waals surface area contributed by atoms with E-state index in [9.17, 15) is 18.0 Å². The SMILES string of the molecule is CNCCC1CCN(CC(=O)N(Cc2ccc(C(F)(F)F)cc2)C2CC2)CC1.Cl. The van der Waals surface area contributed by atoms with Gasteiger partial charge in [0, 0.05) is 12.6 Å². The van der Waals surface area contributed by atoms with Crippen LogP contribution in [0.15, 0.2) is 24.3 Å². The van der Waals surface area contributed by atoms with Crippen LogP contribution in [-0.4, -0.2) is 55.0 Å². The molecule has 0 aromatic heterocycles. The first-order valence-corrected chi connectivity index (χ1v) is 10.2. The lowest BCUT2D eigenvalue weighted by Gasteiger charge is -2.33. The summed E-state index contributed by atoms with van der Waals surface area (Å²) in [5.41, 5.74) is 0.0979. The van der Waals surface area contributed by atoms with E-state index in [1.165, 1.54) is 18.6 Å². The van der Waals surface area contributed by atoms with Crippen molar-refractivity contribution in [1.29, 1.82) is 0 Å². The summed E-state index contributed by atoms with van der Waals surface area (Å²) in [5.74, 6) is 0.821. The number of nitrogens with zero attached hydrogens (tertiary/aromatic N) is 2. The molecule has 1 N–H and O–H groups in total. The molecule has 1 amide bonds. The number of amides is 1. The van der Waals surface area contributed by atoms with Crippen molar-refractivity contribution in [2.24, 2.45) is 5.92 Å². The molecule has 2 fully saturated rings. The fourth-order valence-electron chi connectivity index (χ4n) is 3.87. The van der Waals surface area contributed by atoms with Gasteiger partial charge in [0.15, 0.2) is 0 Å². The summed E-state index contributed by atoms with van der Waals surface area (Å²) in [7, 11) is 1.97. The third-order valence-corrected chi connectivity index (χ3v) is 5.81. The van der Waals surface area contributed by atoms with Gasteiger partial charge in [0.25, 0.3) is 0 Å². The molecule has 1 aromatic rings. The molecule has 0 atom stereocenters. The van der Waals surface area contributed by atoms with E-state index in [-0.39, 0.29) is 24.4 Å². The minimum Gasteiger partial charge on any atom is -0.334 e. The number of hydrogen-bond donors (Lipinski definition) is 1. The molecule has 29 heavy (non-hydrogen) atoms. The third-order valence-electron chi connectivity index (χ3n) is 5.81. The zero-order valence-corrected chi connectivity index (χ0v) is 17.7. The Morgan fingerprint density at radius 3 is 2.28 bits per heavy atom. The Balaban J connectivity index is 0.00000300. The van der Waals surface area contributed by atoms with Crippen LogP contribution >= 0.6 is 12.4 Å². The van der Waals surface area contributed by atoms with E-state index < -0.39 is 11.7 Å². The second-order valence-corrected chi connectivity index (χ2v) is 8.06. The summed E-state index contributed by atoms with van der Waals surface area (Å²) in [4.78, 5) is 17.0. The molecule has 1 aliphatic carbocycles. The first-order chi connectivity index (χ1) is 13.4. The Bertz CT molecular complexity index is 642. The van der Waals surface area contributed by atoms with Gasteiger partial charge in [-0.25, -0.2) is 0 Å². The minimum absolute atomic E-state index is 0. The molecular weight excluding hydrogens is 403 g/mol. The van der Waals surface area contributed by atoms with E-state index in [1.807, 2.05) is 11.9 Å². The Morgan fingerprint density at radius 1 is 1.14 bits per heavy atom. The average Bonchev–Trinajstić information content (AvgIpc) is 3.50. The van der Waals surface area contributed by atoms with Gasteiger partial charge in [-0.05, 0) is 82.4 Å². The zero-order chi connectivity index (χ0) is 20.1. The molecule has 1 saturated carbocycles. The second kappa shape index (κ2) is 10.6. The first kappa shape index (κ1) is 24.0. The molecule has 1 aromatic carbocycles. The van der Waals surface area contributed by atoms with Crippen LogP contribution < -0.4 is 5.32 Å². The summed E-state index contributed by atoms with van der Waals surface area (Å²) >= 11 is 0. The molecule has 0 radical (unpaired) electrons. The number of hydrogen-bond acceptors (Lipinski definition) is 3. The fraction of sp³-hybridized carbons (Fsp3) is 0.667. The Morgan fingerprint density at radius 2 is 1.76 bits per heavy atom. The summed E-state index contributed by atoms with van der Waals surface area (Å²) in [6, 6.07) is 5.40. The van der Waals surface area contributed by atoms with Gasteiger partial charge >= 0.3 is 6.18 Å². The number of likely N-dealkylation sites (tertiary alicyclic amines) is 1. The minimum atomic E-state index is -4.33. The van der Waals surface area contributed by atoms with E-state index >= 15 is 0 Å². The van der Waals surface area contributed by atoms with Gasteiger partial charge in [-0.15, -0.1) is 12.4 Å². The normalized spacial score (nSPS) is 18.3. The number of nitrogens with one attached hydrogen (secondary N) is 1. The molecule has 164 valence electrons. The summed E-state index contributed by atoms with van der Waals surface area (Å²) in [6.07, 6.45) is 1.07. The van der Waals surface area contributed by atoms with Gasteiger partial charge < -0.3 is 10.2 Å². The lowest BCUT2D eigenvalue weighted by atomic mass is 9.93. The van der Waals surface area contributed by atoms with Crippen LogP contribution in [0.3, 0.4) is 0 Å². The van der Waals surface area contributed by atoms with E-state index in [1.54, 1.807) is 0 Å². The quantitative estimate of drug-likeness (QED) is 0.674. The smallest absolute Gasteiger partial charge is 0.334 e. The zero-order valence-electron chi connectivity index (χ0n) is 16.9.